The summed E-state index contributed by atoms with van der Waals surface area (Å²) in [5.41, 5.74) is 3.30. The van der Waals surface area contributed by atoms with Gasteiger partial charge in [-0.15, -0.1) is 0 Å². The molecule has 0 spiro atoms. The first-order valence-electron chi connectivity index (χ1n) is 9.71. The minimum Gasteiger partial charge on any atom is -0.506 e. The van der Waals surface area contributed by atoms with E-state index in [1.807, 2.05) is 35.0 Å². The first kappa shape index (κ1) is 25.8. The smallest absolute Gasteiger partial charge is 0.251 e. The van der Waals surface area contributed by atoms with Crippen molar-refractivity contribution in [2.75, 3.05) is 6.61 Å². The summed E-state index contributed by atoms with van der Waals surface area (Å²) >= 11 is 5.86. The van der Waals surface area contributed by atoms with E-state index in [9.17, 15) is 15.0 Å². The summed E-state index contributed by atoms with van der Waals surface area (Å²) in [5, 5.41) is 22.1. The minimum atomic E-state index is -0.448. The zero-order valence-corrected chi connectivity index (χ0v) is 22.3. The molecule has 2 aromatic carbocycles. The molecular weight excluding hydrogens is 543 g/mol. The molecule has 0 bridgehead atoms. The number of hydrogen-bond donors (Lipinski definition) is 3. The molecule has 0 aliphatic heterocycles. The van der Waals surface area contributed by atoms with Gasteiger partial charge in [0.05, 0.1) is 29.7 Å². The van der Waals surface area contributed by atoms with Gasteiger partial charge in [0.1, 0.15) is 5.75 Å². The van der Waals surface area contributed by atoms with Crippen LogP contribution < -0.4 is 5.32 Å². The number of carbonyl (C=O) groups excluding carboxylic acids is 1. The molecule has 0 unspecified atom stereocenters. The van der Waals surface area contributed by atoms with Gasteiger partial charge in [0.15, 0.2) is 0 Å². The Morgan fingerprint density at radius 2 is 1.87 bits per heavy atom. The number of phenols is 1. The Morgan fingerprint density at radius 1 is 1.19 bits per heavy atom. The van der Waals surface area contributed by atoms with Crippen LogP contribution in [0.1, 0.15) is 42.4 Å². The van der Waals surface area contributed by atoms with Crippen LogP contribution in [0.3, 0.4) is 0 Å². The number of imidazole rings is 1. The van der Waals surface area contributed by atoms with Crippen LogP contribution in [0.15, 0.2) is 55.0 Å². The van der Waals surface area contributed by atoms with Gasteiger partial charge in [-0.3, -0.25) is 4.79 Å². The van der Waals surface area contributed by atoms with Crippen LogP contribution in [0, 0.1) is 41.3 Å². The number of aliphatic hydroxyl groups excluding tert-OH is 1. The summed E-state index contributed by atoms with van der Waals surface area (Å²) in [5.74, 6) is -0.444. The van der Waals surface area contributed by atoms with Crippen LogP contribution in [-0.2, 0) is 11.8 Å². The Bertz CT molecular complexity index is 1030. The summed E-state index contributed by atoms with van der Waals surface area (Å²) in [6.07, 6.45) is 4.30. The number of nitrogens with one attached hydrogen (secondary N) is 1. The van der Waals surface area contributed by atoms with Crippen molar-refractivity contribution < 1.29 is 56.3 Å². The van der Waals surface area contributed by atoms with E-state index in [1.54, 1.807) is 6.33 Å². The Morgan fingerprint density at radius 3 is 2.42 bits per heavy atom. The van der Waals surface area contributed by atoms with Gasteiger partial charge in [0, 0.05) is 64.2 Å². The Balaban J connectivity index is 0.00000341. The van der Waals surface area contributed by atoms with Crippen LogP contribution in [0.5, 0.6) is 5.75 Å². The first-order valence-corrected chi connectivity index (χ1v) is 10.1. The second-order valence-electron chi connectivity index (χ2n) is 8.31. The van der Waals surface area contributed by atoms with Gasteiger partial charge in [0.2, 0.25) is 0 Å². The van der Waals surface area contributed by atoms with Crippen LogP contribution in [-0.4, -0.2) is 38.3 Å². The number of aromatic hydroxyl groups is 1. The summed E-state index contributed by atoms with van der Waals surface area (Å²) < 4.78 is 1.98. The second-order valence-corrected chi connectivity index (χ2v) is 8.71. The second kappa shape index (κ2) is 10.9. The average molecular weight is 569 g/mol. The number of benzene rings is 2. The molecule has 1 atom stereocenters. The maximum absolute atomic E-state index is 12.4. The van der Waals surface area contributed by atoms with E-state index in [-0.39, 0.29) is 70.0 Å². The van der Waals surface area contributed by atoms with E-state index in [2.05, 4.69) is 31.1 Å². The number of hydrogen-bond acceptors (Lipinski definition) is 4. The van der Waals surface area contributed by atoms with Crippen molar-refractivity contribution in [1.29, 1.82) is 0 Å². The monoisotopic (exact) mass is 568 g/mol. The maximum Gasteiger partial charge on any atom is 0.251 e. The molecule has 6 nitrogen and oxygen atoms in total. The van der Waals surface area contributed by atoms with E-state index < -0.39 is 6.04 Å². The fourth-order valence-corrected chi connectivity index (χ4v) is 3.20. The molecule has 0 aliphatic rings. The summed E-state index contributed by atoms with van der Waals surface area (Å²) in [6.45, 7) is 6.17. The third-order valence-corrected chi connectivity index (χ3v) is 5.14. The predicted octanol–water partition coefficient (Wildman–Crippen LogP) is 3.86. The quantitative estimate of drug-likeness (QED) is 0.422. The predicted molar refractivity (Wildman–Crippen MR) is 117 cm³/mol. The van der Waals surface area contributed by atoms with Crippen molar-refractivity contribution in [3.63, 3.8) is 0 Å². The van der Waals surface area contributed by atoms with Gasteiger partial charge < -0.3 is 20.1 Å². The average Bonchev–Trinajstić information content (AvgIpc) is 3.21. The number of aliphatic hydroxyl groups is 1. The van der Waals surface area contributed by atoms with Crippen molar-refractivity contribution in [2.24, 2.45) is 0 Å². The van der Waals surface area contributed by atoms with Crippen molar-refractivity contribution in [3.8, 4) is 11.4 Å². The summed E-state index contributed by atoms with van der Waals surface area (Å²) in [7, 11) is 0. The summed E-state index contributed by atoms with van der Waals surface area (Å²) in [4.78, 5) is 16.9. The molecule has 1 heterocycles. The number of nitrogens with zero attached hydrogens (tertiary/aromatic N) is 2. The number of halogens is 1. The fraction of sp³-hybridized carbons (Fsp3) is 0.304. The van der Waals surface area contributed by atoms with Crippen LogP contribution in [0.4, 0.5) is 0 Å². The van der Waals surface area contributed by atoms with Gasteiger partial charge in [-0.05, 0) is 42.3 Å². The van der Waals surface area contributed by atoms with Gasteiger partial charge in [-0.25, -0.2) is 4.98 Å². The van der Waals surface area contributed by atoms with Crippen molar-refractivity contribution >= 4 is 17.5 Å². The summed E-state index contributed by atoms with van der Waals surface area (Å²) in [6, 6.07) is 11.7. The van der Waals surface area contributed by atoms with E-state index in [0.717, 1.165) is 16.9 Å². The van der Waals surface area contributed by atoms with Crippen molar-refractivity contribution in [3.05, 3.63) is 76.8 Å². The van der Waals surface area contributed by atoms with Crippen LogP contribution >= 0.6 is 11.6 Å². The van der Waals surface area contributed by atoms with Gasteiger partial charge in [-0.2, -0.15) is 0 Å². The van der Waals surface area contributed by atoms with E-state index >= 15 is 0 Å². The molecule has 1 radical (unpaired) electrons. The molecule has 0 fully saturated rings. The van der Waals surface area contributed by atoms with Crippen LogP contribution in [0.25, 0.3) is 5.69 Å². The van der Waals surface area contributed by atoms with Crippen molar-refractivity contribution in [1.82, 2.24) is 14.9 Å². The molecule has 161 valence electrons. The molecule has 1 amide bonds. The number of carbonyl (C=O) groups is 1. The van der Waals surface area contributed by atoms with E-state index in [1.165, 1.54) is 18.2 Å². The number of phenolic OH excluding ortho intramolecular Hbond substituents is 1. The molecule has 3 rings (SSSR count). The molecule has 0 saturated heterocycles. The topological polar surface area (TPSA) is 87.4 Å². The molecule has 31 heavy (non-hydrogen) atoms. The molecule has 3 N–H and O–H groups in total. The normalized spacial score (nSPS) is 12.2. The van der Waals surface area contributed by atoms with Crippen LogP contribution in [0.2, 0.25) is 5.02 Å². The number of amides is 1. The number of rotatable bonds is 6. The van der Waals surface area contributed by atoms with Gasteiger partial charge in [0.25, 0.3) is 5.91 Å². The van der Waals surface area contributed by atoms with E-state index in [4.69, 9.17) is 11.6 Å². The maximum atomic E-state index is 12.4. The molecule has 0 saturated carbocycles. The Hall–Kier alpha value is -1.47. The standard InChI is InChI=1S/C23H26ClN3O3.Pr/c1-23(2,3)21-12-27(14-25-21)18-7-4-15(5-8-18)10-17(13-28)26-22(30)16-6-9-20(29)19(24)11-16;/h4-9,11-12,14,17,28-29H,10,13H2,1-3H3,(H,26,30);/t17-;/m0./s1. The molecule has 8 heteroatoms. The molecule has 1 aromatic heterocycles. The molecule has 0 aliphatic carbocycles. The minimum absolute atomic E-state index is 0. The number of aromatic nitrogens is 2. The molecule has 3 aromatic rings. The third kappa shape index (κ3) is 6.75. The Kier molecular flexibility index (Phi) is 9.07. The zero-order chi connectivity index (χ0) is 21.9. The fourth-order valence-electron chi connectivity index (χ4n) is 3.02. The SMILES string of the molecule is CC(C)(C)c1cn(-c2ccc(C[C@@H](CO)NC(=O)c3ccc(O)c(Cl)c3)cc2)cn1.[Pr]. The third-order valence-electron chi connectivity index (χ3n) is 4.83. The van der Waals surface area contributed by atoms with E-state index in [0.29, 0.717) is 12.0 Å². The first-order chi connectivity index (χ1) is 14.2. The van der Waals surface area contributed by atoms with Crippen molar-refractivity contribution in [2.45, 2.75) is 38.6 Å². The van der Waals surface area contributed by atoms with Gasteiger partial charge in [-0.1, -0.05) is 44.5 Å². The Labute approximate surface area is 220 Å². The zero-order valence-electron chi connectivity index (χ0n) is 17.8. The molecular formula is C23H26ClN3O3Pr. The largest absolute Gasteiger partial charge is 0.506 e. The van der Waals surface area contributed by atoms with Gasteiger partial charge >= 0.3 is 0 Å².